The molecular weight excluding hydrogens is 384 g/mol. The summed E-state index contributed by atoms with van der Waals surface area (Å²) in [6.07, 6.45) is 0. The van der Waals surface area contributed by atoms with Gasteiger partial charge in [0.15, 0.2) is 0 Å². The van der Waals surface area contributed by atoms with Gasteiger partial charge in [-0.15, -0.1) is 11.3 Å². The van der Waals surface area contributed by atoms with Crippen molar-refractivity contribution in [2.45, 2.75) is 6.54 Å². The van der Waals surface area contributed by atoms with Gasteiger partial charge in [0.1, 0.15) is 5.69 Å². The van der Waals surface area contributed by atoms with Crippen LogP contribution in [0.2, 0.25) is 0 Å². The Balaban J connectivity index is 2.20. The average molecular weight is 392 g/mol. The summed E-state index contributed by atoms with van der Waals surface area (Å²) in [5, 5.41) is 16.0. The molecule has 2 aromatic rings. The number of halogens is 2. The summed E-state index contributed by atoms with van der Waals surface area (Å²) in [5.41, 5.74) is 0.584. The van der Waals surface area contributed by atoms with E-state index in [4.69, 9.17) is 0 Å². The lowest BCUT2D eigenvalue weighted by Gasteiger charge is -2.06. The highest BCUT2D eigenvalue weighted by Crippen LogP contribution is 2.30. The van der Waals surface area contributed by atoms with Crippen LogP contribution in [0, 0.1) is 10.1 Å². The minimum absolute atomic E-state index is 0.0749. The van der Waals surface area contributed by atoms with Gasteiger partial charge in [-0.05, 0) is 39.5 Å². The fraction of sp³-hybridized carbons (Fsp3) is 0.0909. The standard InChI is InChI=1S/C11H8Br2N2O2S/c12-7-1-2-10(15(16)17)9(5-7)14-6-11-8(13)3-4-18-11/h1-5,14H,6H2. The van der Waals surface area contributed by atoms with Crippen molar-refractivity contribution in [1.82, 2.24) is 0 Å². The van der Waals surface area contributed by atoms with Crippen molar-refractivity contribution in [3.05, 3.63) is 53.6 Å². The van der Waals surface area contributed by atoms with E-state index in [0.29, 0.717) is 12.2 Å². The molecule has 0 amide bonds. The van der Waals surface area contributed by atoms with Crippen molar-refractivity contribution in [2.24, 2.45) is 0 Å². The number of hydrogen-bond acceptors (Lipinski definition) is 4. The van der Waals surface area contributed by atoms with Crippen LogP contribution in [-0.4, -0.2) is 4.92 Å². The van der Waals surface area contributed by atoms with Crippen molar-refractivity contribution >= 4 is 54.6 Å². The Morgan fingerprint density at radius 2 is 2.11 bits per heavy atom. The summed E-state index contributed by atoms with van der Waals surface area (Å²) in [6.45, 7) is 0.551. The second-order valence-electron chi connectivity index (χ2n) is 3.46. The predicted molar refractivity (Wildman–Crippen MR) is 80.1 cm³/mol. The zero-order chi connectivity index (χ0) is 13.1. The average Bonchev–Trinajstić information content (AvgIpc) is 2.72. The van der Waals surface area contributed by atoms with Gasteiger partial charge < -0.3 is 5.32 Å². The number of anilines is 1. The molecule has 0 aliphatic rings. The van der Waals surface area contributed by atoms with Crippen LogP contribution in [0.4, 0.5) is 11.4 Å². The Morgan fingerprint density at radius 3 is 2.72 bits per heavy atom. The van der Waals surface area contributed by atoms with Crippen molar-refractivity contribution in [3.8, 4) is 0 Å². The van der Waals surface area contributed by atoms with Gasteiger partial charge in [0.05, 0.1) is 11.5 Å². The zero-order valence-electron chi connectivity index (χ0n) is 9.02. The lowest BCUT2D eigenvalue weighted by molar-refractivity contribution is -0.384. The number of hydrogen-bond donors (Lipinski definition) is 1. The van der Waals surface area contributed by atoms with Gasteiger partial charge in [-0.25, -0.2) is 0 Å². The van der Waals surface area contributed by atoms with Gasteiger partial charge in [0.25, 0.3) is 5.69 Å². The number of nitrogens with one attached hydrogen (secondary N) is 1. The minimum atomic E-state index is -0.391. The Morgan fingerprint density at radius 1 is 1.33 bits per heavy atom. The molecule has 94 valence electrons. The number of nitro groups is 1. The van der Waals surface area contributed by atoms with Crippen LogP contribution in [0.25, 0.3) is 0 Å². The van der Waals surface area contributed by atoms with Gasteiger partial charge in [-0.2, -0.15) is 0 Å². The van der Waals surface area contributed by atoms with Crippen molar-refractivity contribution in [1.29, 1.82) is 0 Å². The molecule has 18 heavy (non-hydrogen) atoms. The first-order valence-electron chi connectivity index (χ1n) is 4.97. The quantitative estimate of drug-likeness (QED) is 0.601. The second kappa shape index (κ2) is 5.81. The molecule has 0 saturated carbocycles. The van der Waals surface area contributed by atoms with Crippen LogP contribution in [-0.2, 0) is 6.54 Å². The molecule has 1 N–H and O–H groups in total. The summed E-state index contributed by atoms with van der Waals surface area (Å²) in [6, 6.07) is 6.80. The molecule has 0 radical (unpaired) electrons. The number of rotatable bonds is 4. The first-order valence-corrected chi connectivity index (χ1v) is 7.44. The molecule has 0 aliphatic heterocycles. The number of nitrogens with zero attached hydrogens (tertiary/aromatic N) is 1. The largest absolute Gasteiger partial charge is 0.375 e. The molecular formula is C11H8Br2N2O2S. The van der Waals surface area contributed by atoms with E-state index in [1.54, 1.807) is 23.5 Å². The number of nitro benzene ring substituents is 1. The zero-order valence-corrected chi connectivity index (χ0v) is 13.0. The number of benzene rings is 1. The second-order valence-corrected chi connectivity index (χ2v) is 6.23. The molecule has 7 heteroatoms. The molecule has 2 rings (SSSR count). The van der Waals surface area contributed by atoms with Crippen LogP contribution in [0.3, 0.4) is 0 Å². The highest BCUT2D eigenvalue weighted by atomic mass is 79.9. The van der Waals surface area contributed by atoms with E-state index in [1.807, 2.05) is 11.4 Å². The highest BCUT2D eigenvalue weighted by molar-refractivity contribution is 9.10. The van der Waals surface area contributed by atoms with Crippen molar-refractivity contribution in [2.75, 3.05) is 5.32 Å². The van der Waals surface area contributed by atoms with Crippen LogP contribution >= 0.6 is 43.2 Å². The minimum Gasteiger partial charge on any atom is -0.375 e. The Kier molecular flexibility index (Phi) is 4.36. The van der Waals surface area contributed by atoms with Crippen LogP contribution in [0.5, 0.6) is 0 Å². The maximum Gasteiger partial charge on any atom is 0.292 e. The number of thiophene rings is 1. The third kappa shape index (κ3) is 3.09. The Bertz CT molecular complexity index is 586. The SMILES string of the molecule is O=[N+]([O-])c1ccc(Br)cc1NCc1sccc1Br. The van der Waals surface area contributed by atoms with Crippen LogP contribution < -0.4 is 5.32 Å². The van der Waals surface area contributed by atoms with Crippen LogP contribution in [0.15, 0.2) is 38.6 Å². The van der Waals surface area contributed by atoms with Gasteiger partial charge in [-0.3, -0.25) is 10.1 Å². The summed E-state index contributed by atoms with van der Waals surface area (Å²) in [4.78, 5) is 11.6. The van der Waals surface area contributed by atoms with Gasteiger partial charge in [0, 0.05) is 19.9 Å². The smallest absolute Gasteiger partial charge is 0.292 e. The third-order valence-electron chi connectivity index (χ3n) is 2.29. The summed E-state index contributed by atoms with van der Waals surface area (Å²) in [7, 11) is 0. The molecule has 1 aromatic carbocycles. The van der Waals surface area contributed by atoms with E-state index in [0.717, 1.165) is 13.8 Å². The van der Waals surface area contributed by atoms with Crippen molar-refractivity contribution in [3.63, 3.8) is 0 Å². The molecule has 1 aromatic heterocycles. The van der Waals surface area contributed by atoms with Crippen LogP contribution in [0.1, 0.15) is 4.88 Å². The molecule has 0 fully saturated rings. The third-order valence-corrected chi connectivity index (χ3v) is 4.71. The van der Waals surface area contributed by atoms with E-state index in [-0.39, 0.29) is 5.69 Å². The maximum atomic E-state index is 10.9. The van der Waals surface area contributed by atoms with Gasteiger partial charge in [0.2, 0.25) is 0 Å². The molecule has 0 saturated heterocycles. The molecule has 0 spiro atoms. The summed E-state index contributed by atoms with van der Waals surface area (Å²) in [5.74, 6) is 0. The molecule has 0 aliphatic carbocycles. The maximum absolute atomic E-state index is 10.9. The lowest BCUT2D eigenvalue weighted by atomic mass is 10.2. The van der Waals surface area contributed by atoms with E-state index in [2.05, 4.69) is 37.2 Å². The molecule has 0 atom stereocenters. The fourth-order valence-corrected chi connectivity index (χ4v) is 3.23. The highest BCUT2D eigenvalue weighted by Gasteiger charge is 2.14. The van der Waals surface area contributed by atoms with Gasteiger partial charge >= 0.3 is 0 Å². The first-order chi connectivity index (χ1) is 8.58. The van der Waals surface area contributed by atoms with E-state index < -0.39 is 4.92 Å². The molecule has 0 bridgehead atoms. The Labute approximate surface area is 124 Å². The fourth-order valence-electron chi connectivity index (χ4n) is 1.44. The molecule has 0 unspecified atom stereocenters. The molecule has 4 nitrogen and oxygen atoms in total. The summed E-state index contributed by atoms with van der Waals surface area (Å²) >= 11 is 8.33. The summed E-state index contributed by atoms with van der Waals surface area (Å²) < 4.78 is 1.82. The molecule has 1 heterocycles. The predicted octanol–water partition coefficient (Wildman–Crippen LogP) is 4.79. The van der Waals surface area contributed by atoms with Crippen molar-refractivity contribution < 1.29 is 4.92 Å². The van der Waals surface area contributed by atoms with E-state index >= 15 is 0 Å². The first kappa shape index (κ1) is 13.5. The van der Waals surface area contributed by atoms with E-state index in [9.17, 15) is 10.1 Å². The van der Waals surface area contributed by atoms with E-state index in [1.165, 1.54) is 6.07 Å². The lowest BCUT2D eigenvalue weighted by Crippen LogP contribution is -2.01. The normalized spacial score (nSPS) is 10.3. The monoisotopic (exact) mass is 390 g/mol. The topological polar surface area (TPSA) is 55.2 Å². The van der Waals surface area contributed by atoms with Gasteiger partial charge in [-0.1, -0.05) is 15.9 Å². The Hall–Kier alpha value is -0.920.